The number of aryl methyl sites for hydroxylation is 1. The molecule has 0 amide bonds. The van der Waals surface area contributed by atoms with Crippen LogP contribution in [0.4, 0.5) is 0 Å². The van der Waals surface area contributed by atoms with Crippen LogP contribution in [0, 0.1) is 0 Å². The highest BCUT2D eigenvalue weighted by atomic mass is 32.2. The van der Waals surface area contributed by atoms with Crippen LogP contribution in [0.25, 0.3) is 11.3 Å². The summed E-state index contributed by atoms with van der Waals surface area (Å²) in [5.74, 6) is 0. The molecule has 4 nitrogen and oxygen atoms in total. The fourth-order valence-electron chi connectivity index (χ4n) is 2.60. The van der Waals surface area contributed by atoms with Crippen LogP contribution in [0.5, 0.6) is 0 Å². The second kappa shape index (κ2) is 7.37. The quantitative estimate of drug-likeness (QED) is 0.677. The van der Waals surface area contributed by atoms with Crippen LogP contribution in [0.15, 0.2) is 69.3 Å². The van der Waals surface area contributed by atoms with Crippen molar-refractivity contribution >= 4 is 21.4 Å². The highest BCUT2D eigenvalue weighted by molar-refractivity contribution is 7.90. The summed E-state index contributed by atoms with van der Waals surface area (Å²) in [6.07, 6.45) is 0.874. The van der Waals surface area contributed by atoms with E-state index in [2.05, 4.69) is 4.40 Å². The van der Waals surface area contributed by atoms with Gasteiger partial charge in [-0.15, -0.1) is 15.7 Å². The van der Waals surface area contributed by atoms with E-state index in [1.807, 2.05) is 66.3 Å². The lowest BCUT2D eigenvalue weighted by Crippen LogP contribution is -2.17. The molecular formula is C19H20N2O2S2. The molecule has 3 aromatic rings. The minimum absolute atomic E-state index is 0.224. The largest absolute Gasteiger partial charge is 0.316 e. The molecule has 1 heterocycles. The van der Waals surface area contributed by atoms with Crippen molar-refractivity contribution in [1.29, 1.82) is 0 Å². The second-order valence-electron chi connectivity index (χ2n) is 5.58. The molecule has 1 aromatic heterocycles. The monoisotopic (exact) mass is 372 g/mol. The maximum atomic E-state index is 12.6. The molecule has 0 spiro atoms. The normalized spacial score (nSPS) is 12.5. The molecule has 0 atom stereocenters. The van der Waals surface area contributed by atoms with Gasteiger partial charge in [-0.3, -0.25) is 0 Å². The van der Waals surface area contributed by atoms with Crippen molar-refractivity contribution in [3.05, 3.63) is 70.3 Å². The van der Waals surface area contributed by atoms with E-state index in [-0.39, 0.29) is 4.90 Å². The molecule has 0 fully saturated rings. The highest BCUT2D eigenvalue weighted by Gasteiger charge is 2.14. The van der Waals surface area contributed by atoms with Crippen LogP contribution in [0.3, 0.4) is 0 Å². The number of nitrogens with zero attached hydrogens (tertiary/aromatic N) is 2. The van der Waals surface area contributed by atoms with Gasteiger partial charge < -0.3 is 4.57 Å². The molecule has 25 heavy (non-hydrogen) atoms. The van der Waals surface area contributed by atoms with Gasteiger partial charge in [-0.25, -0.2) is 0 Å². The lowest BCUT2D eigenvalue weighted by atomic mass is 10.2. The Morgan fingerprint density at radius 3 is 2.28 bits per heavy atom. The summed E-state index contributed by atoms with van der Waals surface area (Å²) in [5.41, 5.74) is 3.13. The zero-order valence-electron chi connectivity index (χ0n) is 14.2. The molecule has 0 aliphatic rings. The molecular weight excluding hydrogens is 352 g/mol. The topological polar surface area (TPSA) is 51.4 Å². The van der Waals surface area contributed by atoms with Crippen LogP contribution in [0.2, 0.25) is 0 Å². The first-order valence-corrected chi connectivity index (χ1v) is 10.5. The first kappa shape index (κ1) is 17.6. The van der Waals surface area contributed by atoms with E-state index in [9.17, 15) is 8.42 Å². The third kappa shape index (κ3) is 3.75. The third-order valence-corrected chi connectivity index (χ3v) is 6.27. The summed E-state index contributed by atoms with van der Waals surface area (Å²) < 4.78 is 31.3. The molecule has 0 unspecified atom stereocenters. The molecule has 3 rings (SSSR count). The zero-order chi connectivity index (χ0) is 17.9. The zero-order valence-corrected chi connectivity index (χ0v) is 15.8. The smallest absolute Gasteiger partial charge is 0.285 e. The Labute approximate surface area is 152 Å². The van der Waals surface area contributed by atoms with E-state index in [1.54, 1.807) is 12.1 Å². The minimum Gasteiger partial charge on any atom is -0.316 e. The van der Waals surface area contributed by atoms with Gasteiger partial charge >= 0.3 is 0 Å². The lowest BCUT2D eigenvalue weighted by Gasteiger charge is -2.06. The third-order valence-electron chi connectivity index (χ3n) is 4.01. The Morgan fingerprint density at radius 2 is 1.68 bits per heavy atom. The van der Waals surface area contributed by atoms with Crippen molar-refractivity contribution in [2.24, 2.45) is 4.40 Å². The molecule has 0 bridgehead atoms. The molecule has 0 N–H and O–H groups in total. The summed E-state index contributed by atoms with van der Waals surface area (Å²) in [6.45, 7) is 4.67. The predicted molar refractivity (Wildman–Crippen MR) is 102 cm³/mol. The van der Waals surface area contributed by atoms with Crippen LogP contribution in [-0.4, -0.2) is 13.0 Å². The van der Waals surface area contributed by atoms with E-state index in [0.29, 0.717) is 11.3 Å². The Bertz CT molecular complexity index is 1020. The van der Waals surface area contributed by atoms with E-state index in [4.69, 9.17) is 0 Å². The molecule has 2 aromatic carbocycles. The Balaban J connectivity index is 2.07. The first-order valence-electron chi connectivity index (χ1n) is 8.19. The Hall–Kier alpha value is -2.18. The number of rotatable bonds is 5. The van der Waals surface area contributed by atoms with Crippen molar-refractivity contribution in [3.8, 4) is 11.3 Å². The Kier molecular flexibility index (Phi) is 5.20. The van der Waals surface area contributed by atoms with E-state index in [0.717, 1.165) is 23.2 Å². The molecule has 0 saturated carbocycles. The van der Waals surface area contributed by atoms with Crippen LogP contribution >= 0.6 is 11.3 Å². The number of thiazole rings is 1. The fraction of sp³-hybridized carbons (Fsp3) is 0.211. The van der Waals surface area contributed by atoms with E-state index >= 15 is 0 Å². The molecule has 6 heteroatoms. The van der Waals surface area contributed by atoms with Gasteiger partial charge in [0.25, 0.3) is 10.0 Å². The van der Waals surface area contributed by atoms with Gasteiger partial charge in [-0.1, -0.05) is 49.4 Å². The number of hydrogen-bond acceptors (Lipinski definition) is 3. The summed E-state index contributed by atoms with van der Waals surface area (Å²) >= 11 is 1.34. The maximum Gasteiger partial charge on any atom is 0.285 e. The van der Waals surface area contributed by atoms with Gasteiger partial charge in [0.15, 0.2) is 0 Å². The Morgan fingerprint density at radius 1 is 1.00 bits per heavy atom. The number of sulfonamides is 1. The average molecular weight is 373 g/mol. The van der Waals surface area contributed by atoms with E-state index < -0.39 is 10.0 Å². The fourth-order valence-corrected chi connectivity index (χ4v) is 4.79. The number of hydrogen-bond donors (Lipinski definition) is 0. The van der Waals surface area contributed by atoms with E-state index in [1.165, 1.54) is 11.3 Å². The summed E-state index contributed by atoms with van der Waals surface area (Å²) in [5, 5.41) is 1.95. The van der Waals surface area contributed by atoms with Gasteiger partial charge in [-0.2, -0.15) is 8.42 Å². The number of aromatic nitrogens is 1. The van der Waals surface area contributed by atoms with Crippen molar-refractivity contribution < 1.29 is 8.42 Å². The molecule has 130 valence electrons. The summed E-state index contributed by atoms with van der Waals surface area (Å²) in [4.78, 5) is 0.711. The lowest BCUT2D eigenvalue weighted by molar-refractivity contribution is 0.595. The van der Waals surface area contributed by atoms with Crippen molar-refractivity contribution in [3.63, 3.8) is 0 Å². The minimum atomic E-state index is -3.73. The molecule has 0 radical (unpaired) electrons. The van der Waals surface area contributed by atoms with Gasteiger partial charge in [0, 0.05) is 11.9 Å². The standard InChI is InChI=1S/C19H20N2O2S2/c1-3-15-10-12-17(13-11-15)25(22,23)20-19-21(4-2)18(14-24-19)16-8-6-5-7-9-16/h5-14H,3-4H2,1-2H3/b20-19+. The molecule has 0 saturated heterocycles. The average Bonchev–Trinajstić information content (AvgIpc) is 3.04. The summed E-state index contributed by atoms with van der Waals surface area (Å²) in [7, 11) is -3.73. The first-order chi connectivity index (χ1) is 12.0. The SMILES string of the molecule is CCc1ccc(S(=O)(=O)/N=c2/scc(-c3ccccc3)n2CC)cc1. The van der Waals surface area contributed by atoms with Gasteiger partial charge in [0.05, 0.1) is 10.6 Å². The highest BCUT2D eigenvalue weighted by Crippen LogP contribution is 2.20. The summed E-state index contributed by atoms with van der Waals surface area (Å²) in [6, 6.07) is 16.8. The van der Waals surface area contributed by atoms with Crippen LogP contribution in [-0.2, 0) is 23.0 Å². The second-order valence-corrected chi connectivity index (χ2v) is 8.02. The van der Waals surface area contributed by atoms with Gasteiger partial charge in [0.2, 0.25) is 4.80 Å². The van der Waals surface area contributed by atoms with Crippen LogP contribution < -0.4 is 4.80 Å². The van der Waals surface area contributed by atoms with Crippen molar-refractivity contribution in [1.82, 2.24) is 4.57 Å². The number of benzene rings is 2. The van der Waals surface area contributed by atoms with Crippen molar-refractivity contribution in [2.75, 3.05) is 0 Å². The van der Waals surface area contributed by atoms with Gasteiger partial charge in [0.1, 0.15) is 0 Å². The molecule has 0 aliphatic carbocycles. The predicted octanol–water partition coefficient (Wildman–Crippen LogP) is 4.09. The molecule has 0 aliphatic heterocycles. The van der Waals surface area contributed by atoms with Crippen molar-refractivity contribution in [2.45, 2.75) is 31.7 Å². The van der Waals surface area contributed by atoms with Gasteiger partial charge in [-0.05, 0) is 36.6 Å². The van der Waals surface area contributed by atoms with Crippen LogP contribution in [0.1, 0.15) is 19.4 Å². The maximum absolute atomic E-state index is 12.6.